The smallest absolute Gasteiger partial charge is 0.219 e. The van der Waals surface area contributed by atoms with Gasteiger partial charge in [0.15, 0.2) is 0 Å². The number of hydrogen-bond donors (Lipinski definition) is 1. The third-order valence-corrected chi connectivity index (χ3v) is 3.43. The Balaban J connectivity index is 1.74. The van der Waals surface area contributed by atoms with Crippen LogP contribution in [0.2, 0.25) is 5.02 Å². The fourth-order valence-corrected chi connectivity index (χ4v) is 2.17. The van der Waals surface area contributed by atoms with Crippen molar-refractivity contribution >= 4 is 17.4 Å². The highest BCUT2D eigenvalue weighted by Gasteiger charge is 2.27. The zero-order chi connectivity index (χ0) is 13.9. The van der Waals surface area contributed by atoms with Gasteiger partial charge in [0.2, 0.25) is 5.88 Å². The van der Waals surface area contributed by atoms with Crippen molar-refractivity contribution in [2.75, 3.05) is 12.4 Å². The lowest BCUT2D eigenvalue weighted by atomic mass is 10.2. The largest absolute Gasteiger partial charge is 0.473 e. The predicted octanol–water partition coefficient (Wildman–Crippen LogP) is 3.63. The van der Waals surface area contributed by atoms with E-state index in [4.69, 9.17) is 16.3 Å². The second-order valence-corrected chi connectivity index (χ2v) is 5.33. The van der Waals surface area contributed by atoms with Crippen molar-refractivity contribution in [3.63, 3.8) is 0 Å². The van der Waals surface area contributed by atoms with Crippen LogP contribution in [0.15, 0.2) is 30.3 Å². The van der Waals surface area contributed by atoms with Gasteiger partial charge < -0.3 is 10.1 Å². The molecule has 1 fully saturated rings. The molecule has 1 heterocycles. The predicted molar refractivity (Wildman–Crippen MR) is 79.3 cm³/mol. The minimum absolute atomic E-state index is 0.449. The SMILES string of the molecule is CNc1cc(OCc2cccc(Cl)c2)nc(C2CC2)n1. The Morgan fingerprint density at radius 3 is 2.85 bits per heavy atom. The van der Waals surface area contributed by atoms with E-state index in [0.29, 0.717) is 23.4 Å². The highest BCUT2D eigenvalue weighted by atomic mass is 35.5. The number of benzene rings is 1. The molecule has 0 unspecified atom stereocenters. The second kappa shape index (κ2) is 5.67. The van der Waals surface area contributed by atoms with Crippen molar-refractivity contribution in [2.24, 2.45) is 0 Å². The lowest BCUT2D eigenvalue weighted by Crippen LogP contribution is -2.03. The Hall–Kier alpha value is -1.81. The first kappa shape index (κ1) is 13.2. The summed E-state index contributed by atoms with van der Waals surface area (Å²) >= 11 is 5.96. The number of nitrogens with zero attached hydrogens (tertiary/aromatic N) is 2. The third-order valence-electron chi connectivity index (χ3n) is 3.19. The average Bonchev–Trinajstić information content (AvgIpc) is 3.29. The Morgan fingerprint density at radius 2 is 2.15 bits per heavy atom. The van der Waals surface area contributed by atoms with E-state index in [0.717, 1.165) is 17.2 Å². The van der Waals surface area contributed by atoms with Gasteiger partial charge in [0.05, 0.1) is 0 Å². The van der Waals surface area contributed by atoms with Crippen LogP contribution in [0.25, 0.3) is 0 Å². The summed E-state index contributed by atoms with van der Waals surface area (Å²) in [7, 11) is 1.85. The Morgan fingerprint density at radius 1 is 1.30 bits per heavy atom. The maximum Gasteiger partial charge on any atom is 0.219 e. The molecule has 0 atom stereocenters. The number of ether oxygens (including phenoxy) is 1. The quantitative estimate of drug-likeness (QED) is 0.913. The maximum atomic E-state index is 5.96. The van der Waals surface area contributed by atoms with Crippen molar-refractivity contribution < 1.29 is 4.74 Å². The molecule has 1 aliphatic carbocycles. The summed E-state index contributed by atoms with van der Waals surface area (Å²) < 4.78 is 5.76. The van der Waals surface area contributed by atoms with Crippen LogP contribution >= 0.6 is 11.6 Å². The first-order valence-electron chi connectivity index (χ1n) is 6.68. The number of hydrogen-bond acceptors (Lipinski definition) is 4. The summed E-state index contributed by atoms with van der Waals surface area (Å²) in [5, 5.41) is 3.76. The van der Waals surface area contributed by atoms with Crippen LogP contribution in [-0.2, 0) is 6.61 Å². The molecule has 0 bridgehead atoms. The van der Waals surface area contributed by atoms with Crippen LogP contribution in [0, 0.1) is 0 Å². The fourth-order valence-electron chi connectivity index (χ4n) is 1.95. The molecule has 2 aromatic rings. The fraction of sp³-hybridized carbons (Fsp3) is 0.333. The number of aromatic nitrogens is 2. The topological polar surface area (TPSA) is 47.0 Å². The van der Waals surface area contributed by atoms with Gasteiger partial charge in [0.25, 0.3) is 0 Å². The highest BCUT2D eigenvalue weighted by molar-refractivity contribution is 6.30. The molecular weight excluding hydrogens is 274 g/mol. The molecule has 0 spiro atoms. The zero-order valence-corrected chi connectivity index (χ0v) is 12.0. The molecule has 1 N–H and O–H groups in total. The monoisotopic (exact) mass is 289 g/mol. The molecule has 0 saturated heterocycles. The van der Waals surface area contributed by atoms with Crippen molar-refractivity contribution in [2.45, 2.75) is 25.4 Å². The number of nitrogens with one attached hydrogen (secondary N) is 1. The summed E-state index contributed by atoms with van der Waals surface area (Å²) in [4.78, 5) is 8.93. The van der Waals surface area contributed by atoms with Crippen LogP contribution in [0.5, 0.6) is 5.88 Å². The molecule has 1 saturated carbocycles. The molecule has 0 amide bonds. The summed E-state index contributed by atoms with van der Waals surface area (Å²) in [6.45, 7) is 0.449. The number of anilines is 1. The van der Waals surface area contributed by atoms with Crippen LogP contribution in [0.1, 0.15) is 30.1 Å². The first-order valence-corrected chi connectivity index (χ1v) is 7.06. The van der Waals surface area contributed by atoms with Crippen molar-refractivity contribution in [1.82, 2.24) is 9.97 Å². The molecule has 0 radical (unpaired) electrons. The van der Waals surface area contributed by atoms with Crippen LogP contribution in [-0.4, -0.2) is 17.0 Å². The van der Waals surface area contributed by atoms with E-state index in [1.165, 1.54) is 12.8 Å². The van der Waals surface area contributed by atoms with E-state index in [-0.39, 0.29) is 0 Å². The van der Waals surface area contributed by atoms with Gasteiger partial charge in [-0.2, -0.15) is 4.98 Å². The summed E-state index contributed by atoms with van der Waals surface area (Å²) in [6.07, 6.45) is 2.34. The maximum absolute atomic E-state index is 5.96. The van der Waals surface area contributed by atoms with E-state index in [9.17, 15) is 0 Å². The Bertz CT molecular complexity index is 614. The first-order chi connectivity index (χ1) is 9.74. The van der Waals surface area contributed by atoms with Gasteiger partial charge in [-0.05, 0) is 30.5 Å². The lowest BCUT2D eigenvalue weighted by molar-refractivity contribution is 0.292. The van der Waals surface area contributed by atoms with Gasteiger partial charge in [-0.1, -0.05) is 23.7 Å². The molecule has 20 heavy (non-hydrogen) atoms. The Kier molecular flexibility index (Phi) is 3.74. The van der Waals surface area contributed by atoms with E-state index >= 15 is 0 Å². The van der Waals surface area contributed by atoms with E-state index in [1.807, 2.05) is 37.4 Å². The molecule has 1 aromatic carbocycles. The van der Waals surface area contributed by atoms with Gasteiger partial charge in [-0.3, -0.25) is 0 Å². The van der Waals surface area contributed by atoms with Gasteiger partial charge in [-0.15, -0.1) is 0 Å². The molecule has 1 aliphatic rings. The standard InChI is InChI=1S/C15H16ClN3O/c1-17-13-8-14(19-15(18-13)11-5-6-11)20-9-10-3-2-4-12(16)7-10/h2-4,7-8,11H,5-6,9H2,1H3,(H,17,18,19). The Labute approximate surface area is 123 Å². The molecule has 4 nitrogen and oxygen atoms in total. The van der Waals surface area contributed by atoms with E-state index in [1.54, 1.807) is 0 Å². The molecule has 0 aliphatic heterocycles. The minimum Gasteiger partial charge on any atom is -0.473 e. The van der Waals surface area contributed by atoms with Crippen molar-refractivity contribution in [1.29, 1.82) is 0 Å². The molecule has 3 rings (SSSR count). The van der Waals surface area contributed by atoms with Crippen LogP contribution in [0.4, 0.5) is 5.82 Å². The zero-order valence-electron chi connectivity index (χ0n) is 11.3. The number of halogens is 1. The molecule has 1 aromatic heterocycles. The minimum atomic E-state index is 0.449. The van der Waals surface area contributed by atoms with Gasteiger partial charge in [0, 0.05) is 24.1 Å². The second-order valence-electron chi connectivity index (χ2n) is 4.89. The molecule has 104 valence electrons. The van der Waals surface area contributed by atoms with Gasteiger partial charge in [-0.25, -0.2) is 4.98 Å². The van der Waals surface area contributed by atoms with Crippen LogP contribution < -0.4 is 10.1 Å². The van der Waals surface area contributed by atoms with Crippen molar-refractivity contribution in [3.05, 3.63) is 46.7 Å². The van der Waals surface area contributed by atoms with Gasteiger partial charge in [0.1, 0.15) is 18.2 Å². The highest BCUT2D eigenvalue weighted by Crippen LogP contribution is 2.39. The molecular formula is C15H16ClN3O. The summed E-state index contributed by atoms with van der Waals surface area (Å²) in [5.41, 5.74) is 1.02. The normalized spacial score (nSPS) is 14.1. The number of rotatable bonds is 5. The average molecular weight is 290 g/mol. The summed E-state index contributed by atoms with van der Waals surface area (Å²) in [6, 6.07) is 9.45. The summed E-state index contributed by atoms with van der Waals surface area (Å²) in [5.74, 6) is 2.77. The van der Waals surface area contributed by atoms with Crippen LogP contribution in [0.3, 0.4) is 0 Å². The van der Waals surface area contributed by atoms with E-state index in [2.05, 4.69) is 15.3 Å². The molecule has 5 heteroatoms. The van der Waals surface area contributed by atoms with E-state index < -0.39 is 0 Å². The third kappa shape index (κ3) is 3.20. The lowest BCUT2D eigenvalue weighted by Gasteiger charge is -2.09. The van der Waals surface area contributed by atoms with Crippen molar-refractivity contribution in [3.8, 4) is 5.88 Å². The van der Waals surface area contributed by atoms with Gasteiger partial charge >= 0.3 is 0 Å².